The molecule has 14 heavy (non-hydrogen) atoms. The molecular formula is C10H11N3O. The van der Waals surface area contributed by atoms with Crippen LogP contribution in [0.15, 0.2) is 18.3 Å². The van der Waals surface area contributed by atoms with Crippen LogP contribution in [0.1, 0.15) is 12.0 Å². The van der Waals surface area contributed by atoms with E-state index < -0.39 is 0 Å². The van der Waals surface area contributed by atoms with Crippen LogP contribution in [0, 0.1) is 11.3 Å². The Hall–Kier alpha value is -1.60. The van der Waals surface area contributed by atoms with E-state index in [1.165, 1.54) is 0 Å². The van der Waals surface area contributed by atoms with Crippen LogP contribution < -0.4 is 4.90 Å². The third kappa shape index (κ3) is 1.68. The normalized spacial score (nSPS) is 20.9. The number of aromatic nitrogens is 1. The lowest BCUT2D eigenvalue weighted by Gasteiger charge is -2.15. The first-order valence-electron chi connectivity index (χ1n) is 4.59. The van der Waals surface area contributed by atoms with Gasteiger partial charge in [0.1, 0.15) is 5.82 Å². The molecule has 4 heteroatoms. The maximum atomic E-state index is 9.35. The smallest absolute Gasteiger partial charge is 0.129 e. The molecule has 1 unspecified atom stereocenters. The summed E-state index contributed by atoms with van der Waals surface area (Å²) in [6.07, 6.45) is 2.14. The van der Waals surface area contributed by atoms with Gasteiger partial charge in [0, 0.05) is 19.3 Å². The van der Waals surface area contributed by atoms with Crippen LogP contribution >= 0.6 is 0 Å². The van der Waals surface area contributed by atoms with E-state index >= 15 is 0 Å². The standard InChI is InChI=1S/C10H11N3O/c11-6-8-1-3-12-10(5-8)13-4-2-9(14)7-13/h1,3,5,9,14H,2,4,7H2. The minimum absolute atomic E-state index is 0.262. The van der Waals surface area contributed by atoms with E-state index in [0.29, 0.717) is 12.1 Å². The van der Waals surface area contributed by atoms with Crippen LogP contribution in [-0.4, -0.2) is 29.3 Å². The molecule has 0 aromatic carbocycles. The molecule has 1 aromatic heterocycles. The lowest BCUT2D eigenvalue weighted by Crippen LogP contribution is -2.22. The predicted molar refractivity (Wildman–Crippen MR) is 51.8 cm³/mol. The van der Waals surface area contributed by atoms with Gasteiger partial charge in [0.2, 0.25) is 0 Å². The van der Waals surface area contributed by atoms with Gasteiger partial charge >= 0.3 is 0 Å². The summed E-state index contributed by atoms with van der Waals surface area (Å²) in [6, 6.07) is 5.50. The number of nitriles is 1. The number of pyridine rings is 1. The monoisotopic (exact) mass is 189 g/mol. The maximum Gasteiger partial charge on any atom is 0.129 e. The van der Waals surface area contributed by atoms with Crippen LogP contribution in [0.5, 0.6) is 0 Å². The van der Waals surface area contributed by atoms with Crippen molar-refractivity contribution >= 4 is 5.82 Å². The highest BCUT2D eigenvalue weighted by Crippen LogP contribution is 2.18. The van der Waals surface area contributed by atoms with Gasteiger partial charge in [-0.1, -0.05) is 0 Å². The number of rotatable bonds is 1. The van der Waals surface area contributed by atoms with E-state index in [1.807, 2.05) is 4.90 Å². The number of hydrogen-bond donors (Lipinski definition) is 1. The van der Waals surface area contributed by atoms with Gasteiger partial charge in [-0.25, -0.2) is 4.98 Å². The highest BCUT2D eigenvalue weighted by Gasteiger charge is 2.21. The van der Waals surface area contributed by atoms with Crippen molar-refractivity contribution in [2.45, 2.75) is 12.5 Å². The minimum Gasteiger partial charge on any atom is -0.391 e. The van der Waals surface area contributed by atoms with Gasteiger partial charge in [0.05, 0.1) is 17.7 Å². The van der Waals surface area contributed by atoms with Crippen molar-refractivity contribution in [3.05, 3.63) is 23.9 Å². The molecule has 0 saturated carbocycles. The highest BCUT2D eigenvalue weighted by atomic mass is 16.3. The van der Waals surface area contributed by atoms with Crippen molar-refractivity contribution in [3.8, 4) is 6.07 Å². The van der Waals surface area contributed by atoms with Crippen molar-refractivity contribution < 1.29 is 5.11 Å². The number of β-amino-alcohol motifs (C(OH)–C–C–N with tert-alkyl or cyclic N) is 1. The Labute approximate surface area is 82.4 Å². The third-order valence-corrected chi connectivity index (χ3v) is 2.36. The molecule has 0 amide bonds. The van der Waals surface area contributed by atoms with E-state index in [0.717, 1.165) is 18.8 Å². The number of nitrogens with zero attached hydrogens (tertiary/aromatic N) is 3. The molecule has 1 aliphatic heterocycles. The number of aliphatic hydroxyl groups is 1. The molecular weight excluding hydrogens is 178 g/mol. The van der Waals surface area contributed by atoms with Gasteiger partial charge in [0.25, 0.3) is 0 Å². The van der Waals surface area contributed by atoms with Crippen molar-refractivity contribution in [2.24, 2.45) is 0 Å². The molecule has 0 bridgehead atoms. The van der Waals surface area contributed by atoms with Gasteiger partial charge in [-0.3, -0.25) is 0 Å². The first-order chi connectivity index (χ1) is 6.79. The second-order valence-electron chi connectivity index (χ2n) is 3.40. The van der Waals surface area contributed by atoms with E-state index in [2.05, 4.69) is 11.1 Å². The van der Waals surface area contributed by atoms with Crippen LogP contribution in [0.3, 0.4) is 0 Å². The highest BCUT2D eigenvalue weighted by molar-refractivity contribution is 5.45. The number of anilines is 1. The van der Waals surface area contributed by atoms with Gasteiger partial charge < -0.3 is 10.0 Å². The zero-order valence-corrected chi connectivity index (χ0v) is 7.72. The first kappa shape index (κ1) is 8.97. The summed E-state index contributed by atoms with van der Waals surface area (Å²) in [6.45, 7) is 1.42. The Balaban J connectivity index is 2.20. The Morgan fingerprint density at radius 2 is 2.50 bits per heavy atom. The molecule has 1 atom stereocenters. The molecule has 0 aliphatic carbocycles. The number of aliphatic hydroxyl groups excluding tert-OH is 1. The second kappa shape index (κ2) is 3.64. The second-order valence-corrected chi connectivity index (χ2v) is 3.40. The van der Waals surface area contributed by atoms with Crippen molar-refractivity contribution in [1.82, 2.24) is 4.98 Å². The van der Waals surface area contributed by atoms with Crippen LogP contribution in [0.25, 0.3) is 0 Å². The van der Waals surface area contributed by atoms with Gasteiger partial charge in [-0.2, -0.15) is 5.26 Å². The number of hydrogen-bond acceptors (Lipinski definition) is 4. The zero-order chi connectivity index (χ0) is 9.97. The quantitative estimate of drug-likeness (QED) is 0.699. The van der Waals surface area contributed by atoms with Crippen LogP contribution in [0.2, 0.25) is 0 Å². The minimum atomic E-state index is -0.262. The third-order valence-electron chi connectivity index (χ3n) is 2.36. The average Bonchev–Trinajstić information content (AvgIpc) is 2.65. The average molecular weight is 189 g/mol. The van der Waals surface area contributed by atoms with Crippen molar-refractivity contribution in [2.75, 3.05) is 18.0 Å². The summed E-state index contributed by atoms with van der Waals surface area (Å²) in [5, 5.41) is 18.1. The fourth-order valence-corrected chi connectivity index (χ4v) is 1.61. The first-order valence-corrected chi connectivity index (χ1v) is 4.59. The molecule has 2 rings (SSSR count). The maximum absolute atomic E-state index is 9.35. The Morgan fingerprint density at radius 3 is 3.14 bits per heavy atom. The predicted octanol–water partition coefficient (Wildman–Crippen LogP) is 0.524. The summed E-state index contributed by atoms with van der Waals surface area (Å²) < 4.78 is 0. The van der Waals surface area contributed by atoms with E-state index in [9.17, 15) is 5.11 Å². The van der Waals surface area contributed by atoms with Crippen molar-refractivity contribution in [3.63, 3.8) is 0 Å². The lowest BCUT2D eigenvalue weighted by molar-refractivity contribution is 0.198. The largest absolute Gasteiger partial charge is 0.391 e. The summed E-state index contributed by atoms with van der Waals surface area (Å²) in [4.78, 5) is 6.16. The topological polar surface area (TPSA) is 60.2 Å². The summed E-state index contributed by atoms with van der Waals surface area (Å²) in [5.74, 6) is 0.778. The summed E-state index contributed by atoms with van der Waals surface area (Å²) >= 11 is 0. The molecule has 1 fully saturated rings. The molecule has 4 nitrogen and oxygen atoms in total. The molecule has 1 saturated heterocycles. The Bertz CT molecular complexity index is 372. The fourth-order valence-electron chi connectivity index (χ4n) is 1.61. The van der Waals surface area contributed by atoms with Crippen LogP contribution in [-0.2, 0) is 0 Å². The molecule has 1 N–H and O–H groups in total. The van der Waals surface area contributed by atoms with Gasteiger partial charge in [-0.05, 0) is 18.6 Å². The zero-order valence-electron chi connectivity index (χ0n) is 7.72. The van der Waals surface area contributed by atoms with E-state index in [4.69, 9.17) is 5.26 Å². The SMILES string of the molecule is N#Cc1ccnc(N2CCC(O)C2)c1. The molecule has 1 aromatic rings. The van der Waals surface area contributed by atoms with Gasteiger partial charge in [0.15, 0.2) is 0 Å². The van der Waals surface area contributed by atoms with Gasteiger partial charge in [-0.15, -0.1) is 0 Å². The summed E-state index contributed by atoms with van der Waals surface area (Å²) in [7, 11) is 0. The molecule has 1 aliphatic rings. The van der Waals surface area contributed by atoms with Crippen LogP contribution in [0.4, 0.5) is 5.82 Å². The lowest BCUT2D eigenvalue weighted by atomic mass is 10.3. The fraction of sp³-hybridized carbons (Fsp3) is 0.400. The Morgan fingerprint density at radius 1 is 1.64 bits per heavy atom. The Kier molecular flexibility index (Phi) is 2.33. The van der Waals surface area contributed by atoms with E-state index in [-0.39, 0.29) is 6.10 Å². The van der Waals surface area contributed by atoms with E-state index in [1.54, 1.807) is 18.3 Å². The molecule has 0 radical (unpaired) electrons. The molecule has 2 heterocycles. The molecule has 72 valence electrons. The van der Waals surface area contributed by atoms with Crippen molar-refractivity contribution in [1.29, 1.82) is 5.26 Å². The summed E-state index contributed by atoms with van der Waals surface area (Å²) in [5.41, 5.74) is 0.608. The molecule has 0 spiro atoms.